The third-order valence-corrected chi connectivity index (χ3v) is 4.53. The molecular weight excluding hydrogens is 358 g/mol. The molecule has 0 aliphatic rings. The molecule has 146 valence electrons. The van der Waals surface area contributed by atoms with Gasteiger partial charge in [0.15, 0.2) is 11.5 Å². The Bertz CT molecular complexity index is 1080. The van der Waals surface area contributed by atoms with E-state index in [9.17, 15) is 9.90 Å². The van der Waals surface area contributed by atoms with Gasteiger partial charge in [0.1, 0.15) is 17.4 Å². The predicted octanol–water partition coefficient (Wildman–Crippen LogP) is 4.19. The van der Waals surface area contributed by atoms with Gasteiger partial charge in [-0.2, -0.15) is 0 Å². The molecule has 0 bridgehead atoms. The minimum Gasteiger partial charge on any atom is -0.493 e. The van der Waals surface area contributed by atoms with E-state index in [1.54, 1.807) is 33.3 Å². The fourth-order valence-electron chi connectivity index (χ4n) is 3.01. The molecule has 1 atom stereocenters. The summed E-state index contributed by atoms with van der Waals surface area (Å²) in [4.78, 5) is 16.0. The first-order chi connectivity index (χ1) is 13.5. The lowest BCUT2D eigenvalue weighted by atomic mass is 10.1. The van der Waals surface area contributed by atoms with Crippen molar-refractivity contribution in [1.82, 2.24) is 0 Å². The van der Waals surface area contributed by atoms with E-state index in [1.807, 2.05) is 37.3 Å². The number of ether oxygens (including phenoxy) is 2. The van der Waals surface area contributed by atoms with Gasteiger partial charge in [-0.15, -0.1) is 0 Å². The van der Waals surface area contributed by atoms with Crippen molar-refractivity contribution in [3.63, 3.8) is 0 Å². The zero-order valence-corrected chi connectivity index (χ0v) is 16.4. The molecule has 3 rings (SSSR count). The van der Waals surface area contributed by atoms with Crippen LogP contribution in [0.4, 0.5) is 0 Å². The van der Waals surface area contributed by atoms with Crippen LogP contribution < -0.4 is 14.8 Å². The Kier molecular flexibility index (Phi) is 5.68. The molecule has 6 nitrogen and oxygen atoms in total. The molecule has 0 saturated carbocycles. The van der Waals surface area contributed by atoms with Gasteiger partial charge in [-0.1, -0.05) is 18.6 Å². The number of hydrogen-bond donors (Lipinski definition) is 1. The first-order valence-electron chi connectivity index (χ1n) is 9.00. The number of aliphatic carboxylic acids is 1. The molecule has 0 fully saturated rings. The van der Waals surface area contributed by atoms with Gasteiger partial charge in [-0.05, 0) is 43.7 Å². The monoisotopic (exact) mass is 381 g/mol. The van der Waals surface area contributed by atoms with Gasteiger partial charge < -0.3 is 19.0 Å². The number of nitrogens with zero attached hydrogens (tertiary/aromatic N) is 1. The lowest BCUT2D eigenvalue weighted by molar-refractivity contribution is -0.138. The highest BCUT2D eigenvalue weighted by Crippen LogP contribution is 2.32. The SMILES string of the molecule is CC[C@@H](N=c1cc(-c2ccc(OC)c(OC)c2)oc2ccc(C)cc12)C(=O)O. The summed E-state index contributed by atoms with van der Waals surface area (Å²) < 4.78 is 16.8. The van der Waals surface area contributed by atoms with E-state index in [1.165, 1.54) is 0 Å². The van der Waals surface area contributed by atoms with Crippen molar-refractivity contribution in [2.45, 2.75) is 26.3 Å². The van der Waals surface area contributed by atoms with Crippen LogP contribution in [0.5, 0.6) is 11.5 Å². The topological polar surface area (TPSA) is 81.3 Å². The van der Waals surface area contributed by atoms with Crippen LogP contribution in [0.3, 0.4) is 0 Å². The smallest absolute Gasteiger partial charge is 0.328 e. The van der Waals surface area contributed by atoms with Crippen molar-refractivity contribution in [2.24, 2.45) is 4.99 Å². The van der Waals surface area contributed by atoms with Crippen LogP contribution in [0.1, 0.15) is 18.9 Å². The maximum Gasteiger partial charge on any atom is 0.328 e. The van der Waals surface area contributed by atoms with Gasteiger partial charge in [0.05, 0.1) is 19.6 Å². The fourth-order valence-corrected chi connectivity index (χ4v) is 3.01. The quantitative estimate of drug-likeness (QED) is 0.692. The van der Waals surface area contributed by atoms with Crippen LogP contribution in [-0.2, 0) is 4.79 Å². The summed E-state index contributed by atoms with van der Waals surface area (Å²) in [5, 5.41) is 10.8. The second kappa shape index (κ2) is 8.17. The van der Waals surface area contributed by atoms with Crippen LogP contribution in [0, 0.1) is 6.92 Å². The van der Waals surface area contributed by atoms with Gasteiger partial charge in [-0.25, -0.2) is 4.79 Å². The summed E-state index contributed by atoms with van der Waals surface area (Å²) in [7, 11) is 3.15. The fraction of sp³-hybridized carbons (Fsp3) is 0.273. The number of aryl methyl sites for hydroxylation is 1. The standard InChI is InChI=1S/C22H23NO5/c1-5-16(22(24)25)23-17-12-20(28-18-8-6-13(2)10-15(17)18)14-7-9-19(26-3)21(11-14)27-4/h6-12,16H,5H2,1-4H3,(H,24,25)/t16-/m1/s1. The average Bonchev–Trinajstić information content (AvgIpc) is 2.70. The Balaban J connectivity index is 2.27. The number of carboxylic acid groups (broad SMARTS) is 1. The molecule has 0 amide bonds. The Morgan fingerprint density at radius 2 is 1.86 bits per heavy atom. The number of carbonyl (C=O) groups is 1. The summed E-state index contributed by atoms with van der Waals surface area (Å²) in [6, 6.07) is 12.2. The van der Waals surface area contributed by atoms with Crippen molar-refractivity contribution in [3.05, 3.63) is 53.4 Å². The third-order valence-electron chi connectivity index (χ3n) is 4.53. The summed E-state index contributed by atoms with van der Waals surface area (Å²) in [6.45, 7) is 3.78. The van der Waals surface area contributed by atoms with E-state index in [-0.39, 0.29) is 0 Å². The van der Waals surface area contributed by atoms with Gasteiger partial charge in [-0.3, -0.25) is 4.99 Å². The molecule has 0 aliphatic heterocycles. The first-order valence-corrected chi connectivity index (χ1v) is 9.00. The van der Waals surface area contributed by atoms with Crippen LogP contribution in [0.25, 0.3) is 22.3 Å². The maximum absolute atomic E-state index is 11.5. The molecule has 1 aromatic heterocycles. The largest absolute Gasteiger partial charge is 0.493 e. The maximum atomic E-state index is 11.5. The molecule has 0 saturated heterocycles. The van der Waals surface area contributed by atoms with E-state index in [0.717, 1.165) is 16.5 Å². The molecule has 1 heterocycles. The van der Waals surface area contributed by atoms with Crippen molar-refractivity contribution in [2.75, 3.05) is 14.2 Å². The zero-order valence-electron chi connectivity index (χ0n) is 16.4. The summed E-state index contributed by atoms with van der Waals surface area (Å²) in [5.41, 5.74) is 2.46. The first kappa shape index (κ1) is 19.5. The van der Waals surface area contributed by atoms with E-state index < -0.39 is 12.0 Å². The number of benzene rings is 2. The molecule has 1 N–H and O–H groups in total. The number of rotatable bonds is 6. The van der Waals surface area contributed by atoms with E-state index in [0.29, 0.717) is 34.6 Å². The third kappa shape index (κ3) is 3.86. The molecule has 0 radical (unpaired) electrons. The number of hydrogen-bond acceptors (Lipinski definition) is 5. The minimum atomic E-state index is -0.947. The number of carboxylic acids is 1. The van der Waals surface area contributed by atoms with Crippen LogP contribution in [0.15, 0.2) is 51.9 Å². The molecule has 28 heavy (non-hydrogen) atoms. The van der Waals surface area contributed by atoms with Gasteiger partial charge in [0, 0.05) is 17.0 Å². The van der Waals surface area contributed by atoms with Gasteiger partial charge >= 0.3 is 5.97 Å². The van der Waals surface area contributed by atoms with E-state index in [4.69, 9.17) is 13.9 Å². The van der Waals surface area contributed by atoms with E-state index in [2.05, 4.69) is 4.99 Å². The Labute approximate surface area is 163 Å². The van der Waals surface area contributed by atoms with Crippen molar-refractivity contribution in [3.8, 4) is 22.8 Å². The normalized spacial score (nSPS) is 12.8. The molecule has 0 spiro atoms. The Morgan fingerprint density at radius 3 is 2.50 bits per heavy atom. The molecule has 0 unspecified atom stereocenters. The average molecular weight is 381 g/mol. The van der Waals surface area contributed by atoms with Crippen molar-refractivity contribution in [1.29, 1.82) is 0 Å². The molecule has 2 aromatic carbocycles. The molecule has 3 aromatic rings. The molecule has 6 heteroatoms. The number of methoxy groups -OCH3 is 2. The summed E-state index contributed by atoms with van der Waals surface area (Å²) in [5.74, 6) is 0.812. The highest BCUT2D eigenvalue weighted by Gasteiger charge is 2.15. The van der Waals surface area contributed by atoms with Gasteiger partial charge in [0.2, 0.25) is 0 Å². The van der Waals surface area contributed by atoms with Crippen LogP contribution >= 0.6 is 0 Å². The lowest BCUT2D eigenvalue weighted by Crippen LogP contribution is -2.20. The lowest BCUT2D eigenvalue weighted by Gasteiger charge is -2.11. The Morgan fingerprint density at radius 1 is 1.11 bits per heavy atom. The highest BCUT2D eigenvalue weighted by atomic mass is 16.5. The summed E-state index contributed by atoms with van der Waals surface area (Å²) in [6.07, 6.45) is 0.403. The zero-order chi connectivity index (χ0) is 20.3. The second-order valence-electron chi connectivity index (χ2n) is 6.46. The minimum absolute atomic E-state index is 0.403. The van der Waals surface area contributed by atoms with Crippen molar-refractivity contribution >= 4 is 16.9 Å². The van der Waals surface area contributed by atoms with Crippen LogP contribution in [0.2, 0.25) is 0 Å². The van der Waals surface area contributed by atoms with Crippen molar-refractivity contribution < 1.29 is 23.8 Å². The predicted molar refractivity (Wildman–Crippen MR) is 107 cm³/mol. The second-order valence-corrected chi connectivity index (χ2v) is 6.46. The number of fused-ring (bicyclic) bond motifs is 1. The molecule has 0 aliphatic carbocycles. The van der Waals surface area contributed by atoms with E-state index >= 15 is 0 Å². The van der Waals surface area contributed by atoms with Gasteiger partial charge in [0.25, 0.3) is 0 Å². The molecular formula is C22H23NO5. The summed E-state index contributed by atoms with van der Waals surface area (Å²) >= 11 is 0. The highest BCUT2D eigenvalue weighted by molar-refractivity contribution is 5.80. The van der Waals surface area contributed by atoms with Crippen LogP contribution in [-0.4, -0.2) is 31.3 Å². The Hall–Kier alpha value is -3.28.